The van der Waals surface area contributed by atoms with Crippen molar-refractivity contribution in [3.63, 3.8) is 0 Å². The van der Waals surface area contributed by atoms with Crippen LogP contribution in [-0.4, -0.2) is 28.5 Å². The molecule has 1 atom stereocenters. The van der Waals surface area contributed by atoms with Crippen LogP contribution < -0.4 is 4.74 Å². The number of imidazole rings is 1. The van der Waals surface area contributed by atoms with Gasteiger partial charge < -0.3 is 14.0 Å². The Morgan fingerprint density at radius 2 is 1.80 bits per heavy atom. The van der Waals surface area contributed by atoms with E-state index in [1.54, 1.807) is 36.4 Å². The first-order valence-electron chi connectivity index (χ1n) is 13.5. The summed E-state index contributed by atoms with van der Waals surface area (Å²) in [7, 11) is 0. The Kier molecular flexibility index (Phi) is 7.81. The molecule has 0 saturated carbocycles. The number of ether oxygens (including phenoxy) is 2. The van der Waals surface area contributed by atoms with Gasteiger partial charge in [0.2, 0.25) is 0 Å². The first kappa shape index (κ1) is 27.1. The second-order valence-corrected chi connectivity index (χ2v) is 10.6. The number of fused-ring (bicyclic) bond motifs is 1. The van der Waals surface area contributed by atoms with Gasteiger partial charge in [-0.05, 0) is 78.1 Å². The van der Waals surface area contributed by atoms with Crippen molar-refractivity contribution in [2.45, 2.75) is 38.5 Å². The normalized spacial score (nSPS) is 15.0. The first-order valence-corrected chi connectivity index (χ1v) is 13.9. The fraction of sp³-hybridized carbons (Fsp3) is 0.212. The van der Waals surface area contributed by atoms with Gasteiger partial charge in [0.25, 0.3) is 0 Å². The molecule has 4 aromatic carbocycles. The summed E-state index contributed by atoms with van der Waals surface area (Å²) in [5.74, 6) is 0.482. The Hall–Kier alpha value is -4.07. The van der Waals surface area contributed by atoms with E-state index in [0.29, 0.717) is 46.0 Å². The molecule has 1 saturated heterocycles. The first-order chi connectivity index (χ1) is 20.0. The van der Waals surface area contributed by atoms with Crippen LogP contribution in [0.4, 0.5) is 8.78 Å². The van der Waals surface area contributed by atoms with Crippen molar-refractivity contribution in [2.75, 3.05) is 6.61 Å². The summed E-state index contributed by atoms with van der Waals surface area (Å²) < 4.78 is 43.3. The van der Waals surface area contributed by atoms with Gasteiger partial charge in [-0.3, -0.25) is 4.79 Å². The monoisotopic (exact) mass is 572 g/mol. The van der Waals surface area contributed by atoms with Crippen molar-refractivity contribution in [1.82, 2.24) is 9.55 Å². The maximum atomic E-state index is 15.5. The lowest BCUT2D eigenvalue weighted by Gasteiger charge is -2.15. The molecule has 1 aliphatic heterocycles. The maximum absolute atomic E-state index is 15.5. The number of rotatable bonds is 9. The smallest absolute Gasteiger partial charge is 0.150 e. The predicted octanol–water partition coefficient (Wildman–Crippen LogP) is 7.80. The van der Waals surface area contributed by atoms with E-state index >= 15 is 4.39 Å². The third-order valence-electron chi connectivity index (χ3n) is 7.38. The second-order valence-electron chi connectivity index (χ2n) is 10.2. The van der Waals surface area contributed by atoms with E-state index in [2.05, 4.69) is 4.57 Å². The van der Waals surface area contributed by atoms with Gasteiger partial charge in [0.05, 0.1) is 23.7 Å². The van der Waals surface area contributed by atoms with Gasteiger partial charge in [-0.25, -0.2) is 13.8 Å². The third kappa shape index (κ3) is 6.01. The highest BCUT2D eigenvalue weighted by Gasteiger charge is 2.21. The van der Waals surface area contributed by atoms with Crippen LogP contribution in [0.15, 0.2) is 78.9 Å². The Labute approximate surface area is 241 Å². The van der Waals surface area contributed by atoms with E-state index in [0.717, 1.165) is 48.2 Å². The lowest BCUT2D eigenvalue weighted by molar-refractivity contribution is 0.0973. The molecule has 2 heterocycles. The molecule has 41 heavy (non-hydrogen) atoms. The molecule has 0 N–H and O–H groups in total. The molecule has 1 fully saturated rings. The largest absolute Gasteiger partial charge is 0.489 e. The SMILES string of the molecule is O=Cc1ccc2nc(Cc3ccc(-c4cccc(OCc5ccc(Cl)cc5F)c4)cc3F)n(C[C@H]3CCCO3)c2c1. The molecule has 6 rings (SSSR count). The number of hydrogen-bond acceptors (Lipinski definition) is 4. The molecular weight excluding hydrogens is 546 g/mol. The quantitative estimate of drug-likeness (QED) is 0.169. The van der Waals surface area contributed by atoms with Crippen molar-refractivity contribution in [3.8, 4) is 16.9 Å². The van der Waals surface area contributed by atoms with E-state index < -0.39 is 5.82 Å². The van der Waals surface area contributed by atoms with Gasteiger partial charge in [-0.2, -0.15) is 0 Å². The zero-order valence-electron chi connectivity index (χ0n) is 22.2. The molecule has 5 aromatic rings. The Bertz CT molecular complexity index is 1730. The molecule has 0 amide bonds. The number of aromatic nitrogens is 2. The summed E-state index contributed by atoms with van der Waals surface area (Å²) in [5.41, 5.74) is 4.54. The number of hydrogen-bond donors (Lipinski definition) is 0. The fourth-order valence-corrected chi connectivity index (χ4v) is 5.36. The van der Waals surface area contributed by atoms with E-state index in [1.165, 1.54) is 12.1 Å². The minimum Gasteiger partial charge on any atom is -0.489 e. The maximum Gasteiger partial charge on any atom is 0.150 e. The number of halogens is 3. The number of benzene rings is 4. The van der Waals surface area contributed by atoms with Gasteiger partial charge in [0.15, 0.2) is 0 Å². The van der Waals surface area contributed by atoms with E-state index in [-0.39, 0.29) is 18.5 Å². The molecule has 5 nitrogen and oxygen atoms in total. The zero-order valence-corrected chi connectivity index (χ0v) is 22.9. The number of nitrogens with zero attached hydrogens (tertiary/aromatic N) is 2. The van der Waals surface area contributed by atoms with Crippen LogP contribution in [0.5, 0.6) is 5.75 Å². The Balaban J connectivity index is 1.23. The summed E-state index contributed by atoms with van der Waals surface area (Å²) >= 11 is 5.83. The minimum absolute atomic E-state index is 0.0427. The standard InChI is InChI=1S/C33H27ClF2N2O3/c34-26-10-9-25(30(36)17-26)20-41-27-4-1-3-22(14-27)23-7-8-24(29(35)15-23)16-33-37-31-11-6-21(19-39)13-32(31)38(33)18-28-5-2-12-40-28/h1,3-4,6-11,13-15,17,19,28H,2,5,12,16,18,20H2/t28-/m1/s1. The molecule has 0 spiro atoms. The van der Waals surface area contributed by atoms with Gasteiger partial charge in [0, 0.05) is 29.2 Å². The molecule has 8 heteroatoms. The summed E-state index contributed by atoms with van der Waals surface area (Å²) in [4.78, 5) is 16.2. The van der Waals surface area contributed by atoms with Crippen molar-refractivity contribution >= 4 is 28.9 Å². The van der Waals surface area contributed by atoms with Gasteiger partial charge in [-0.1, -0.05) is 41.9 Å². The Morgan fingerprint density at radius 3 is 2.59 bits per heavy atom. The number of carbonyl (C=O) groups excluding carboxylic acids is 1. The third-order valence-corrected chi connectivity index (χ3v) is 7.61. The Morgan fingerprint density at radius 1 is 0.976 bits per heavy atom. The van der Waals surface area contributed by atoms with Crippen LogP contribution in [0, 0.1) is 11.6 Å². The highest BCUT2D eigenvalue weighted by Crippen LogP contribution is 2.29. The predicted molar refractivity (Wildman–Crippen MR) is 154 cm³/mol. The summed E-state index contributed by atoms with van der Waals surface area (Å²) in [6.07, 6.45) is 3.12. The van der Waals surface area contributed by atoms with Crippen molar-refractivity contribution in [1.29, 1.82) is 0 Å². The minimum atomic E-state index is -0.431. The highest BCUT2D eigenvalue weighted by atomic mass is 35.5. The number of carbonyl (C=O) groups is 1. The van der Waals surface area contributed by atoms with Crippen LogP contribution in [-0.2, 0) is 24.3 Å². The average molecular weight is 573 g/mol. The summed E-state index contributed by atoms with van der Waals surface area (Å²) in [5, 5.41) is 0.325. The lowest BCUT2D eigenvalue weighted by Crippen LogP contribution is -2.17. The average Bonchev–Trinajstić information content (AvgIpc) is 3.61. The highest BCUT2D eigenvalue weighted by molar-refractivity contribution is 6.30. The van der Waals surface area contributed by atoms with Gasteiger partial charge in [-0.15, -0.1) is 0 Å². The molecule has 208 valence electrons. The molecule has 1 aromatic heterocycles. The van der Waals surface area contributed by atoms with E-state index in [4.69, 9.17) is 26.1 Å². The van der Waals surface area contributed by atoms with Gasteiger partial charge >= 0.3 is 0 Å². The topological polar surface area (TPSA) is 53.3 Å². The van der Waals surface area contributed by atoms with Crippen LogP contribution in [0.25, 0.3) is 22.2 Å². The molecule has 0 bridgehead atoms. The molecule has 0 unspecified atom stereocenters. The number of aldehydes is 1. The second kappa shape index (κ2) is 11.8. The van der Waals surface area contributed by atoms with Gasteiger partial charge in [0.1, 0.15) is 36.1 Å². The molecular formula is C33H27ClF2N2O3. The molecule has 0 radical (unpaired) electrons. The van der Waals surface area contributed by atoms with Crippen molar-refractivity contribution in [3.05, 3.63) is 118 Å². The summed E-state index contributed by atoms with van der Waals surface area (Å²) in [6, 6.07) is 22.2. The molecule has 0 aliphatic carbocycles. The van der Waals surface area contributed by atoms with Crippen LogP contribution in [0.2, 0.25) is 5.02 Å². The lowest BCUT2D eigenvalue weighted by atomic mass is 10.0. The molecule has 1 aliphatic rings. The van der Waals surface area contributed by atoms with Crippen LogP contribution >= 0.6 is 11.6 Å². The van der Waals surface area contributed by atoms with Crippen LogP contribution in [0.3, 0.4) is 0 Å². The van der Waals surface area contributed by atoms with E-state index in [9.17, 15) is 9.18 Å². The summed E-state index contributed by atoms with van der Waals surface area (Å²) in [6.45, 7) is 1.37. The van der Waals surface area contributed by atoms with Crippen LogP contribution in [0.1, 0.15) is 40.2 Å². The zero-order chi connectivity index (χ0) is 28.3. The van der Waals surface area contributed by atoms with Crippen molar-refractivity contribution in [2.24, 2.45) is 0 Å². The van der Waals surface area contributed by atoms with E-state index in [1.807, 2.05) is 30.3 Å². The fourth-order valence-electron chi connectivity index (χ4n) is 5.20. The van der Waals surface area contributed by atoms with Crippen molar-refractivity contribution < 1.29 is 23.0 Å².